The second-order valence-electron chi connectivity index (χ2n) is 2.94. The normalized spacial score (nSPS) is 12.5. The highest BCUT2D eigenvalue weighted by molar-refractivity contribution is 4.75. The minimum atomic E-state index is 0.479. The molecule has 1 N–H and O–H groups in total. The largest absolute Gasteiger partial charge is 0.302 e. The zero-order chi connectivity index (χ0) is 8.53. The lowest BCUT2D eigenvalue weighted by atomic mass is 10.1. The summed E-state index contributed by atoms with van der Waals surface area (Å²) in [6.07, 6.45) is 5.04. The SMILES string of the molecule is CCCCC[C@@H](C)NCC#N. The monoisotopic (exact) mass is 154 g/mol. The maximum absolute atomic E-state index is 8.27. The van der Waals surface area contributed by atoms with Crippen molar-refractivity contribution in [3.05, 3.63) is 0 Å². The molecule has 1 atom stereocenters. The molecular weight excluding hydrogens is 136 g/mol. The fraction of sp³-hybridized carbons (Fsp3) is 0.889. The smallest absolute Gasteiger partial charge is 0.0842 e. The highest BCUT2D eigenvalue weighted by Crippen LogP contribution is 2.01. The van der Waals surface area contributed by atoms with E-state index < -0.39 is 0 Å². The van der Waals surface area contributed by atoms with Gasteiger partial charge in [-0.1, -0.05) is 26.2 Å². The molecule has 0 fully saturated rings. The summed E-state index contributed by atoms with van der Waals surface area (Å²) >= 11 is 0. The predicted octanol–water partition coefficient (Wildman–Crippen LogP) is 2.07. The van der Waals surface area contributed by atoms with Gasteiger partial charge < -0.3 is 5.32 Å². The Kier molecular flexibility index (Phi) is 7.18. The standard InChI is InChI=1S/C9H18N2/c1-3-4-5-6-9(2)11-8-7-10/h9,11H,3-6,8H2,1-2H3/t9-/m1/s1. The van der Waals surface area contributed by atoms with Gasteiger partial charge >= 0.3 is 0 Å². The molecule has 0 saturated heterocycles. The van der Waals surface area contributed by atoms with Crippen LogP contribution in [0.3, 0.4) is 0 Å². The third-order valence-corrected chi connectivity index (χ3v) is 1.77. The molecule has 2 heteroatoms. The van der Waals surface area contributed by atoms with Gasteiger partial charge in [0.05, 0.1) is 12.6 Å². The van der Waals surface area contributed by atoms with E-state index in [1.165, 1.54) is 25.7 Å². The second kappa shape index (κ2) is 7.56. The number of hydrogen-bond donors (Lipinski definition) is 1. The van der Waals surface area contributed by atoms with Crippen LogP contribution >= 0.6 is 0 Å². The summed E-state index contributed by atoms with van der Waals surface area (Å²) in [5.74, 6) is 0. The Labute approximate surface area is 69.6 Å². The van der Waals surface area contributed by atoms with Gasteiger partial charge in [-0.2, -0.15) is 5.26 Å². The summed E-state index contributed by atoms with van der Waals surface area (Å²) in [4.78, 5) is 0. The molecule has 0 aromatic carbocycles. The molecule has 0 aliphatic carbocycles. The molecule has 2 nitrogen and oxygen atoms in total. The van der Waals surface area contributed by atoms with Gasteiger partial charge in [-0.15, -0.1) is 0 Å². The van der Waals surface area contributed by atoms with E-state index in [1.807, 2.05) is 0 Å². The Morgan fingerprint density at radius 1 is 1.45 bits per heavy atom. The molecule has 0 bridgehead atoms. The van der Waals surface area contributed by atoms with Gasteiger partial charge in [0.1, 0.15) is 0 Å². The van der Waals surface area contributed by atoms with Crippen LogP contribution in [-0.4, -0.2) is 12.6 Å². The quantitative estimate of drug-likeness (QED) is 0.469. The van der Waals surface area contributed by atoms with Gasteiger partial charge in [0, 0.05) is 6.04 Å². The van der Waals surface area contributed by atoms with E-state index >= 15 is 0 Å². The fourth-order valence-electron chi connectivity index (χ4n) is 1.02. The minimum Gasteiger partial charge on any atom is -0.302 e. The van der Waals surface area contributed by atoms with Crippen molar-refractivity contribution in [1.82, 2.24) is 5.32 Å². The van der Waals surface area contributed by atoms with E-state index in [-0.39, 0.29) is 0 Å². The van der Waals surface area contributed by atoms with E-state index in [9.17, 15) is 0 Å². The summed E-state index contributed by atoms with van der Waals surface area (Å²) in [6.45, 7) is 4.81. The van der Waals surface area contributed by atoms with E-state index in [4.69, 9.17) is 5.26 Å². The maximum Gasteiger partial charge on any atom is 0.0842 e. The zero-order valence-corrected chi connectivity index (χ0v) is 7.56. The average molecular weight is 154 g/mol. The molecular formula is C9H18N2. The summed E-state index contributed by atoms with van der Waals surface area (Å²) in [5, 5.41) is 11.4. The summed E-state index contributed by atoms with van der Waals surface area (Å²) in [7, 11) is 0. The topological polar surface area (TPSA) is 35.8 Å². The van der Waals surface area contributed by atoms with Crippen LogP contribution in [0, 0.1) is 11.3 Å². The average Bonchev–Trinajstić information content (AvgIpc) is 2.01. The van der Waals surface area contributed by atoms with Crippen LogP contribution in [0.5, 0.6) is 0 Å². The second-order valence-corrected chi connectivity index (χ2v) is 2.94. The molecule has 0 spiro atoms. The molecule has 11 heavy (non-hydrogen) atoms. The summed E-state index contributed by atoms with van der Waals surface area (Å²) in [6, 6.07) is 2.58. The van der Waals surface area contributed by atoms with Crippen molar-refractivity contribution >= 4 is 0 Å². The van der Waals surface area contributed by atoms with Gasteiger partial charge in [-0.05, 0) is 13.3 Å². The lowest BCUT2D eigenvalue weighted by Crippen LogP contribution is -2.25. The van der Waals surface area contributed by atoms with E-state index in [0.29, 0.717) is 12.6 Å². The highest BCUT2D eigenvalue weighted by atomic mass is 14.9. The van der Waals surface area contributed by atoms with Crippen LogP contribution in [0.15, 0.2) is 0 Å². The third-order valence-electron chi connectivity index (χ3n) is 1.77. The highest BCUT2D eigenvalue weighted by Gasteiger charge is 1.98. The number of nitriles is 1. The first kappa shape index (κ1) is 10.4. The fourth-order valence-corrected chi connectivity index (χ4v) is 1.02. The van der Waals surface area contributed by atoms with E-state index in [0.717, 1.165) is 0 Å². The van der Waals surface area contributed by atoms with E-state index in [1.54, 1.807) is 0 Å². The Balaban J connectivity index is 3.10. The van der Waals surface area contributed by atoms with Crippen LogP contribution < -0.4 is 5.32 Å². The van der Waals surface area contributed by atoms with E-state index in [2.05, 4.69) is 25.2 Å². The van der Waals surface area contributed by atoms with Crippen LogP contribution in [0.4, 0.5) is 0 Å². The third kappa shape index (κ3) is 7.35. The Morgan fingerprint density at radius 2 is 2.18 bits per heavy atom. The van der Waals surface area contributed by atoms with Crippen molar-refractivity contribution in [2.75, 3.05) is 6.54 Å². The molecule has 0 rings (SSSR count). The molecule has 0 radical (unpaired) electrons. The molecule has 0 aromatic heterocycles. The molecule has 0 aromatic rings. The molecule has 64 valence electrons. The van der Waals surface area contributed by atoms with Crippen LogP contribution in [-0.2, 0) is 0 Å². The maximum atomic E-state index is 8.27. The van der Waals surface area contributed by atoms with Gasteiger partial charge in [0.25, 0.3) is 0 Å². The van der Waals surface area contributed by atoms with Gasteiger partial charge in [-0.3, -0.25) is 0 Å². The van der Waals surface area contributed by atoms with Gasteiger partial charge in [0.2, 0.25) is 0 Å². The number of rotatable bonds is 6. The molecule has 0 aliphatic rings. The molecule has 0 aliphatic heterocycles. The number of nitrogens with one attached hydrogen (secondary N) is 1. The molecule has 0 heterocycles. The van der Waals surface area contributed by atoms with Gasteiger partial charge in [-0.25, -0.2) is 0 Å². The first-order valence-corrected chi connectivity index (χ1v) is 4.41. The van der Waals surface area contributed by atoms with Gasteiger partial charge in [0.15, 0.2) is 0 Å². The van der Waals surface area contributed by atoms with Crippen molar-refractivity contribution in [1.29, 1.82) is 5.26 Å². The first-order chi connectivity index (χ1) is 5.31. The van der Waals surface area contributed by atoms with Crippen molar-refractivity contribution in [2.24, 2.45) is 0 Å². The lowest BCUT2D eigenvalue weighted by Gasteiger charge is -2.09. The van der Waals surface area contributed by atoms with Crippen LogP contribution in [0.1, 0.15) is 39.5 Å². The number of unbranched alkanes of at least 4 members (excludes halogenated alkanes) is 2. The molecule has 0 unspecified atom stereocenters. The van der Waals surface area contributed by atoms with Crippen LogP contribution in [0.2, 0.25) is 0 Å². The lowest BCUT2D eigenvalue weighted by molar-refractivity contribution is 0.511. The van der Waals surface area contributed by atoms with Crippen molar-refractivity contribution in [3.8, 4) is 6.07 Å². The number of nitrogens with zero attached hydrogens (tertiary/aromatic N) is 1. The zero-order valence-electron chi connectivity index (χ0n) is 7.56. The first-order valence-electron chi connectivity index (χ1n) is 4.41. The number of hydrogen-bond acceptors (Lipinski definition) is 2. The Morgan fingerprint density at radius 3 is 2.73 bits per heavy atom. The Hall–Kier alpha value is -0.550. The molecule has 0 amide bonds. The molecule has 0 saturated carbocycles. The minimum absolute atomic E-state index is 0.479. The van der Waals surface area contributed by atoms with Crippen molar-refractivity contribution in [3.63, 3.8) is 0 Å². The summed E-state index contributed by atoms with van der Waals surface area (Å²) < 4.78 is 0. The van der Waals surface area contributed by atoms with Crippen molar-refractivity contribution < 1.29 is 0 Å². The van der Waals surface area contributed by atoms with Crippen molar-refractivity contribution in [2.45, 2.75) is 45.6 Å². The summed E-state index contributed by atoms with van der Waals surface area (Å²) in [5.41, 5.74) is 0. The predicted molar refractivity (Wildman–Crippen MR) is 47.2 cm³/mol. The van der Waals surface area contributed by atoms with Crippen LogP contribution in [0.25, 0.3) is 0 Å². The Bertz CT molecular complexity index is 115.